The largest absolute Gasteiger partial charge is 0.443 e. The van der Waals surface area contributed by atoms with E-state index in [1.54, 1.807) is 18.7 Å². The first-order valence-corrected chi connectivity index (χ1v) is 10.4. The molecule has 2 aliphatic rings. The van der Waals surface area contributed by atoms with Gasteiger partial charge in [-0.05, 0) is 57.3 Å². The molecule has 2 aliphatic heterocycles. The smallest absolute Gasteiger partial charge is 0.410 e. The number of amides is 2. The van der Waals surface area contributed by atoms with Crippen LogP contribution in [0.2, 0.25) is 0 Å². The molecular formula is C19H25BrN6O3. The monoisotopic (exact) mass is 464 g/mol. The zero-order chi connectivity index (χ0) is 21.2. The standard InChI is InChI=1S/C19H25BrN6O3/c1-12-17(27)23-15-5-4-13(20)10-16(15)26(12)14-6-8-25(9-7-14)18(28)29-19(2,3)11-22-24-21/h4-5,10,12,14H,6-9,11H2,1-3H3,(H,23,27)/t12-/m1/s1. The van der Waals surface area contributed by atoms with Crippen molar-refractivity contribution >= 4 is 39.3 Å². The summed E-state index contributed by atoms with van der Waals surface area (Å²) in [6.45, 7) is 6.49. The Labute approximate surface area is 178 Å². The highest BCUT2D eigenvalue weighted by Crippen LogP contribution is 2.37. The second-order valence-electron chi connectivity index (χ2n) is 7.97. The van der Waals surface area contributed by atoms with E-state index < -0.39 is 11.7 Å². The average Bonchev–Trinajstić information content (AvgIpc) is 2.68. The predicted molar refractivity (Wildman–Crippen MR) is 114 cm³/mol. The highest BCUT2D eigenvalue weighted by atomic mass is 79.9. The van der Waals surface area contributed by atoms with Gasteiger partial charge < -0.3 is 19.9 Å². The minimum Gasteiger partial charge on any atom is -0.443 e. The van der Waals surface area contributed by atoms with Gasteiger partial charge in [0.15, 0.2) is 0 Å². The summed E-state index contributed by atoms with van der Waals surface area (Å²) < 4.78 is 6.46. The third-order valence-electron chi connectivity index (χ3n) is 5.29. The van der Waals surface area contributed by atoms with Crippen LogP contribution in [0.1, 0.15) is 33.6 Å². The summed E-state index contributed by atoms with van der Waals surface area (Å²) in [6.07, 6.45) is 1.06. The normalized spacial score (nSPS) is 19.9. The van der Waals surface area contributed by atoms with Gasteiger partial charge in [-0.3, -0.25) is 4.79 Å². The van der Waals surface area contributed by atoms with Crippen LogP contribution in [0.3, 0.4) is 0 Å². The van der Waals surface area contributed by atoms with Crippen LogP contribution in [0.25, 0.3) is 10.4 Å². The molecule has 0 aliphatic carbocycles. The number of fused-ring (bicyclic) bond motifs is 1. The Balaban J connectivity index is 1.68. The number of ether oxygens (including phenoxy) is 1. The number of rotatable bonds is 4. The quantitative estimate of drug-likeness (QED) is 0.406. The third-order valence-corrected chi connectivity index (χ3v) is 5.78. The number of benzene rings is 1. The van der Waals surface area contributed by atoms with Gasteiger partial charge in [-0.2, -0.15) is 0 Å². The van der Waals surface area contributed by atoms with E-state index in [1.165, 1.54) is 0 Å². The molecule has 1 aromatic carbocycles. The van der Waals surface area contributed by atoms with Gasteiger partial charge in [0.1, 0.15) is 11.6 Å². The maximum Gasteiger partial charge on any atom is 0.410 e. The molecule has 2 heterocycles. The second-order valence-corrected chi connectivity index (χ2v) is 8.88. The second kappa shape index (κ2) is 8.51. The Bertz CT molecular complexity index is 846. The molecule has 0 bridgehead atoms. The molecule has 2 amide bonds. The van der Waals surface area contributed by atoms with E-state index >= 15 is 0 Å². The van der Waals surface area contributed by atoms with Crippen molar-refractivity contribution in [2.24, 2.45) is 5.11 Å². The molecule has 0 spiro atoms. The SMILES string of the molecule is C[C@@H]1C(=O)Nc2ccc(Br)cc2N1C1CCN(C(=O)OC(C)(C)CN=[N+]=[N-])CC1. The minimum absolute atomic E-state index is 0.0264. The van der Waals surface area contributed by atoms with Crippen LogP contribution in [0.4, 0.5) is 16.2 Å². The van der Waals surface area contributed by atoms with Gasteiger partial charge >= 0.3 is 6.09 Å². The minimum atomic E-state index is -0.856. The third kappa shape index (κ3) is 4.76. The van der Waals surface area contributed by atoms with Gasteiger partial charge in [0, 0.05) is 28.5 Å². The molecule has 10 heteroatoms. The van der Waals surface area contributed by atoms with Crippen molar-refractivity contribution in [2.45, 2.75) is 51.3 Å². The Hall–Kier alpha value is -2.45. The van der Waals surface area contributed by atoms with Crippen LogP contribution in [0.15, 0.2) is 27.8 Å². The van der Waals surface area contributed by atoms with Crippen molar-refractivity contribution < 1.29 is 14.3 Å². The number of nitrogens with zero attached hydrogens (tertiary/aromatic N) is 5. The Morgan fingerprint density at radius 1 is 1.41 bits per heavy atom. The van der Waals surface area contributed by atoms with Gasteiger partial charge in [0.2, 0.25) is 5.91 Å². The van der Waals surface area contributed by atoms with Crippen LogP contribution >= 0.6 is 15.9 Å². The van der Waals surface area contributed by atoms with E-state index in [-0.39, 0.29) is 24.5 Å². The molecule has 1 N–H and O–H groups in total. The fraction of sp³-hybridized carbons (Fsp3) is 0.579. The maximum atomic E-state index is 12.5. The lowest BCUT2D eigenvalue weighted by Gasteiger charge is -2.45. The fourth-order valence-electron chi connectivity index (χ4n) is 3.77. The highest BCUT2D eigenvalue weighted by Gasteiger charge is 2.37. The van der Waals surface area contributed by atoms with Crippen molar-refractivity contribution in [3.05, 3.63) is 33.1 Å². The first-order chi connectivity index (χ1) is 13.7. The van der Waals surface area contributed by atoms with Gasteiger partial charge in [0.25, 0.3) is 0 Å². The van der Waals surface area contributed by atoms with Crippen LogP contribution in [-0.2, 0) is 9.53 Å². The number of azide groups is 1. The molecule has 156 valence electrons. The average molecular weight is 465 g/mol. The first kappa shape index (κ1) is 21.3. The molecule has 9 nitrogen and oxygen atoms in total. The van der Waals surface area contributed by atoms with E-state index in [0.29, 0.717) is 13.1 Å². The number of piperidine rings is 1. The van der Waals surface area contributed by atoms with E-state index in [4.69, 9.17) is 10.3 Å². The van der Waals surface area contributed by atoms with Gasteiger partial charge in [-0.25, -0.2) is 4.79 Å². The zero-order valence-corrected chi connectivity index (χ0v) is 18.3. The molecule has 1 saturated heterocycles. The molecule has 29 heavy (non-hydrogen) atoms. The van der Waals surface area contributed by atoms with Crippen LogP contribution < -0.4 is 10.2 Å². The molecule has 0 aromatic heterocycles. The highest BCUT2D eigenvalue weighted by molar-refractivity contribution is 9.10. The zero-order valence-electron chi connectivity index (χ0n) is 16.8. The van der Waals surface area contributed by atoms with Crippen molar-refractivity contribution in [3.8, 4) is 0 Å². The van der Waals surface area contributed by atoms with Crippen LogP contribution in [0, 0.1) is 0 Å². The van der Waals surface area contributed by atoms with E-state index in [2.05, 4.69) is 36.2 Å². The van der Waals surface area contributed by atoms with Gasteiger partial charge in [0.05, 0.1) is 17.9 Å². The summed E-state index contributed by atoms with van der Waals surface area (Å²) in [6, 6.07) is 5.68. The lowest BCUT2D eigenvalue weighted by Crippen LogP contribution is -2.55. The summed E-state index contributed by atoms with van der Waals surface area (Å²) >= 11 is 3.51. The van der Waals surface area contributed by atoms with Crippen molar-refractivity contribution in [1.29, 1.82) is 0 Å². The van der Waals surface area contributed by atoms with Crippen LogP contribution in [0.5, 0.6) is 0 Å². The van der Waals surface area contributed by atoms with Crippen molar-refractivity contribution in [3.63, 3.8) is 0 Å². The summed E-state index contributed by atoms with van der Waals surface area (Å²) in [5.74, 6) is -0.0264. The number of nitrogens with one attached hydrogen (secondary N) is 1. The van der Waals surface area contributed by atoms with E-state index in [9.17, 15) is 9.59 Å². The van der Waals surface area contributed by atoms with Crippen molar-refractivity contribution in [1.82, 2.24) is 4.90 Å². The van der Waals surface area contributed by atoms with Gasteiger partial charge in [-0.15, -0.1) is 0 Å². The number of likely N-dealkylation sites (tertiary alicyclic amines) is 1. The maximum absolute atomic E-state index is 12.5. The molecule has 1 aromatic rings. The molecule has 3 rings (SSSR count). The first-order valence-electron chi connectivity index (χ1n) is 9.59. The Morgan fingerprint density at radius 2 is 2.10 bits per heavy atom. The molecule has 1 fully saturated rings. The number of carbonyl (C=O) groups excluding carboxylic acids is 2. The summed E-state index contributed by atoms with van der Waals surface area (Å²) in [5.41, 5.74) is 9.40. The molecular weight excluding hydrogens is 440 g/mol. The molecule has 0 unspecified atom stereocenters. The fourth-order valence-corrected chi connectivity index (χ4v) is 4.12. The van der Waals surface area contributed by atoms with Gasteiger partial charge in [-0.1, -0.05) is 21.0 Å². The van der Waals surface area contributed by atoms with E-state index in [1.807, 2.05) is 25.1 Å². The number of hydrogen-bond acceptors (Lipinski definition) is 5. The molecule has 1 atom stereocenters. The number of hydrogen-bond donors (Lipinski definition) is 1. The van der Waals surface area contributed by atoms with E-state index in [0.717, 1.165) is 28.7 Å². The topological polar surface area (TPSA) is 111 Å². The number of carbonyl (C=O) groups is 2. The lowest BCUT2D eigenvalue weighted by molar-refractivity contribution is -0.117. The number of halogens is 1. The summed E-state index contributed by atoms with van der Waals surface area (Å²) in [5, 5.41) is 6.45. The lowest BCUT2D eigenvalue weighted by atomic mass is 9.98. The number of anilines is 2. The van der Waals surface area contributed by atoms with Crippen molar-refractivity contribution in [2.75, 3.05) is 29.9 Å². The summed E-state index contributed by atoms with van der Waals surface area (Å²) in [4.78, 5) is 31.5. The van der Waals surface area contributed by atoms with Crippen LogP contribution in [-0.4, -0.2) is 54.2 Å². The molecule has 0 radical (unpaired) electrons. The Kier molecular flexibility index (Phi) is 6.24. The molecule has 0 saturated carbocycles. The Morgan fingerprint density at radius 3 is 2.76 bits per heavy atom. The summed E-state index contributed by atoms with van der Waals surface area (Å²) in [7, 11) is 0. The predicted octanol–water partition coefficient (Wildman–Crippen LogP) is 4.29.